The van der Waals surface area contributed by atoms with Gasteiger partial charge in [0.1, 0.15) is 11.5 Å². The van der Waals surface area contributed by atoms with Crippen molar-refractivity contribution in [1.82, 2.24) is 9.78 Å². The van der Waals surface area contributed by atoms with Gasteiger partial charge >= 0.3 is 5.97 Å². The Balaban J connectivity index is 1.61. The van der Waals surface area contributed by atoms with Crippen LogP contribution in [-0.2, 0) is 16.0 Å². The van der Waals surface area contributed by atoms with Crippen molar-refractivity contribution in [1.29, 1.82) is 0 Å². The Bertz CT molecular complexity index is 1340. The molecule has 0 aliphatic carbocycles. The Morgan fingerprint density at radius 3 is 2.19 bits per heavy atom. The van der Waals surface area contributed by atoms with E-state index in [2.05, 4.69) is 10.4 Å². The van der Waals surface area contributed by atoms with Crippen LogP contribution in [0.1, 0.15) is 23.0 Å². The largest absolute Gasteiger partial charge is 0.497 e. The third kappa shape index (κ3) is 5.72. The lowest BCUT2D eigenvalue weighted by Gasteiger charge is -2.11. The molecule has 8 heteroatoms. The van der Waals surface area contributed by atoms with Crippen molar-refractivity contribution in [2.24, 2.45) is 0 Å². The summed E-state index contributed by atoms with van der Waals surface area (Å²) in [5, 5.41) is 7.44. The van der Waals surface area contributed by atoms with E-state index in [1.807, 2.05) is 72.8 Å². The first-order chi connectivity index (χ1) is 17.5. The number of hydrogen-bond acceptors (Lipinski definition) is 6. The summed E-state index contributed by atoms with van der Waals surface area (Å²) in [6.45, 7) is 2.00. The van der Waals surface area contributed by atoms with Crippen molar-refractivity contribution < 1.29 is 23.8 Å². The van der Waals surface area contributed by atoms with Gasteiger partial charge in [0, 0.05) is 11.3 Å². The number of rotatable bonds is 9. The van der Waals surface area contributed by atoms with Gasteiger partial charge in [-0.25, -0.2) is 9.48 Å². The van der Waals surface area contributed by atoms with Crippen LogP contribution >= 0.6 is 0 Å². The Labute approximate surface area is 209 Å². The molecule has 0 aliphatic rings. The van der Waals surface area contributed by atoms with E-state index in [-0.39, 0.29) is 24.6 Å². The number of nitrogens with zero attached hydrogens (tertiary/aromatic N) is 2. The van der Waals surface area contributed by atoms with Crippen LogP contribution in [-0.4, -0.2) is 42.5 Å². The van der Waals surface area contributed by atoms with E-state index in [1.165, 1.54) is 0 Å². The highest BCUT2D eigenvalue weighted by Gasteiger charge is 2.18. The van der Waals surface area contributed by atoms with E-state index in [0.29, 0.717) is 17.1 Å². The van der Waals surface area contributed by atoms with Crippen LogP contribution in [0.2, 0.25) is 0 Å². The molecule has 1 aromatic heterocycles. The number of amides is 1. The SMILES string of the molecule is CCOC(=O)c1cc(-c2cccc(NC(=O)Cc3ccc(OC)cc3)c2)n(-c2ccc(OC)cc2)n1. The number of carbonyl (C=O) groups is 2. The molecule has 4 rings (SSSR count). The first-order valence-corrected chi connectivity index (χ1v) is 11.5. The number of carbonyl (C=O) groups excluding carboxylic acids is 2. The molecule has 4 aromatic rings. The minimum atomic E-state index is -0.505. The molecule has 0 unspecified atom stereocenters. The molecule has 0 atom stereocenters. The van der Waals surface area contributed by atoms with E-state index < -0.39 is 5.97 Å². The molecular weight excluding hydrogens is 458 g/mol. The van der Waals surface area contributed by atoms with Crippen LogP contribution < -0.4 is 14.8 Å². The second-order valence-corrected chi connectivity index (χ2v) is 7.90. The molecule has 0 saturated heterocycles. The van der Waals surface area contributed by atoms with Gasteiger partial charge in [-0.05, 0) is 67.1 Å². The molecule has 0 fully saturated rings. The number of nitrogens with one attached hydrogen (secondary N) is 1. The normalized spacial score (nSPS) is 10.5. The highest BCUT2D eigenvalue weighted by molar-refractivity contribution is 5.93. The van der Waals surface area contributed by atoms with Crippen LogP contribution in [0.5, 0.6) is 11.5 Å². The topological polar surface area (TPSA) is 91.7 Å². The van der Waals surface area contributed by atoms with Crippen LogP contribution in [0, 0.1) is 0 Å². The van der Waals surface area contributed by atoms with Gasteiger partial charge in [-0.1, -0.05) is 24.3 Å². The van der Waals surface area contributed by atoms with Gasteiger partial charge in [0.2, 0.25) is 5.91 Å². The second kappa shape index (κ2) is 11.2. The average Bonchev–Trinajstić information content (AvgIpc) is 3.35. The first-order valence-electron chi connectivity index (χ1n) is 11.5. The number of esters is 1. The summed E-state index contributed by atoms with van der Waals surface area (Å²) in [4.78, 5) is 25.1. The summed E-state index contributed by atoms with van der Waals surface area (Å²) in [6, 6.07) is 23.8. The van der Waals surface area contributed by atoms with Crippen molar-refractivity contribution in [3.63, 3.8) is 0 Å². The van der Waals surface area contributed by atoms with Crippen LogP contribution in [0.4, 0.5) is 5.69 Å². The van der Waals surface area contributed by atoms with Crippen molar-refractivity contribution in [3.05, 3.63) is 90.1 Å². The molecule has 1 N–H and O–H groups in total. The number of benzene rings is 3. The number of ether oxygens (including phenoxy) is 3. The predicted molar refractivity (Wildman–Crippen MR) is 137 cm³/mol. The van der Waals surface area contributed by atoms with Crippen molar-refractivity contribution >= 4 is 17.6 Å². The van der Waals surface area contributed by atoms with Crippen LogP contribution in [0.15, 0.2) is 78.9 Å². The zero-order chi connectivity index (χ0) is 25.5. The molecule has 0 aliphatic heterocycles. The molecule has 0 bridgehead atoms. The Hall–Kier alpha value is -4.59. The van der Waals surface area contributed by atoms with Gasteiger partial charge < -0.3 is 19.5 Å². The van der Waals surface area contributed by atoms with Crippen molar-refractivity contribution in [3.8, 4) is 28.4 Å². The summed E-state index contributed by atoms with van der Waals surface area (Å²) < 4.78 is 17.2. The van der Waals surface area contributed by atoms with Crippen LogP contribution in [0.3, 0.4) is 0 Å². The lowest BCUT2D eigenvalue weighted by Crippen LogP contribution is -2.14. The number of aromatic nitrogens is 2. The van der Waals surface area contributed by atoms with Gasteiger partial charge in [0.05, 0.1) is 38.6 Å². The fourth-order valence-electron chi connectivity index (χ4n) is 3.70. The zero-order valence-electron chi connectivity index (χ0n) is 20.4. The zero-order valence-corrected chi connectivity index (χ0v) is 20.4. The van der Waals surface area contributed by atoms with Crippen molar-refractivity contribution in [2.45, 2.75) is 13.3 Å². The molecule has 1 heterocycles. The van der Waals surface area contributed by atoms with E-state index in [9.17, 15) is 9.59 Å². The Morgan fingerprint density at radius 1 is 0.889 bits per heavy atom. The quantitative estimate of drug-likeness (QED) is 0.339. The van der Waals surface area contributed by atoms with Gasteiger partial charge in [-0.15, -0.1) is 0 Å². The van der Waals surface area contributed by atoms with E-state index in [1.54, 1.807) is 31.9 Å². The lowest BCUT2D eigenvalue weighted by molar-refractivity contribution is -0.115. The Morgan fingerprint density at radius 2 is 1.56 bits per heavy atom. The third-order valence-corrected chi connectivity index (χ3v) is 5.48. The van der Waals surface area contributed by atoms with Gasteiger partial charge in [-0.3, -0.25) is 4.79 Å². The maximum absolute atomic E-state index is 12.7. The number of hydrogen-bond donors (Lipinski definition) is 1. The molecule has 184 valence electrons. The van der Waals surface area contributed by atoms with E-state index in [4.69, 9.17) is 14.2 Å². The molecule has 0 radical (unpaired) electrons. The average molecular weight is 486 g/mol. The summed E-state index contributed by atoms with van der Waals surface area (Å²) in [7, 11) is 3.20. The van der Waals surface area contributed by atoms with Crippen molar-refractivity contribution in [2.75, 3.05) is 26.1 Å². The molecule has 8 nitrogen and oxygen atoms in total. The summed E-state index contributed by atoms with van der Waals surface area (Å²) >= 11 is 0. The monoisotopic (exact) mass is 485 g/mol. The maximum atomic E-state index is 12.7. The molecule has 36 heavy (non-hydrogen) atoms. The number of anilines is 1. The highest BCUT2D eigenvalue weighted by atomic mass is 16.5. The predicted octanol–water partition coefficient (Wildman–Crippen LogP) is 4.91. The summed E-state index contributed by atoms with van der Waals surface area (Å²) in [5.74, 6) is 0.797. The highest BCUT2D eigenvalue weighted by Crippen LogP contribution is 2.28. The second-order valence-electron chi connectivity index (χ2n) is 7.90. The lowest BCUT2D eigenvalue weighted by atomic mass is 10.1. The van der Waals surface area contributed by atoms with Gasteiger partial charge in [0.25, 0.3) is 0 Å². The summed E-state index contributed by atoms with van der Waals surface area (Å²) in [5.41, 5.74) is 3.89. The smallest absolute Gasteiger partial charge is 0.358 e. The first kappa shape index (κ1) is 24.5. The molecular formula is C28H27N3O5. The van der Waals surface area contributed by atoms with Crippen LogP contribution in [0.25, 0.3) is 16.9 Å². The van der Waals surface area contributed by atoms with Gasteiger partial charge in [0.15, 0.2) is 5.69 Å². The molecule has 3 aromatic carbocycles. The molecule has 0 saturated carbocycles. The van der Waals surface area contributed by atoms with E-state index >= 15 is 0 Å². The number of methoxy groups -OCH3 is 2. The Kier molecular flexibility index (Phi) is 7.65. The standard InChI is InChI=1S/C28H27N3O5/c1-4-36-28(33)25-18-26(31(30-25)22-10-14-24(35-3)15-11-22)20-6-5-7-21(17-20)29-27(32)16-19-8-12-23(34-2)13-9-19/h5-15,17-18H,4,16H2,1-3H3,(H,29,32). The van der Waals surface area contributed by atoms with Gasteiger partial charge in [-0.2, -0.15) is 5.10 Å². The minimum absolute atomic E-state index is 0.145. The maximum Gasteiger partial charge on any atom is 0.358 e. The molecule has 1 amide bonds. The third-order valence-electron chi connectivity index (χ3n) is 5.48. The summed E-state index contributed by atoms with van der Waals surface area (Å²) in [6.07, 6.45) is 0.227. The fraction of sp³-hybridized carbons (Fsp3) is 0.179. The van der Waals surface area contributed by atoms with E-state index in [0.717, 1.165) is 22.6 Å². The minimum Gasteiger partial charge on any atom is -0.497 e. The fourth-order valence-corrected chi connectivity index (χ4v) is 3.70. The molecule has 0 spiro atoms.